The van der Waals surface area contributed by atoms with Gasteiger partial charge in [0.15, 0.2) is 0 Å². The van der Waals surface area contributed by atoms with Crippen molar-refractivity contribution in [3.05, 3.63) is 39.8 Å². The van der Waals surface area contributed by atoms with Crippen LogP contribution in [-0.2, 0) is 10.3 Å². The Hall–Kier alpha value is -1.40. The van der Waals surface area contributed by atoms with Crippen molar-refractivity contribution in [1.82, 2.24) is 14.8 Å². The smallest absolute Gasteiger partial charge is 0.230 e. The number of aromatic nitrogens is 3. The van der Waals surface area contributed by atoms with Gasteiger partial charge in [-0.15, -0.1) is 5.10 Å². The van der Waals surface area contributed by atoms with E-state index in [2.05, 4.69) is 31.3 Å². The predicted molar refractivity (Wildman–Crippen MR) is 108 cm³/mol. The lowest BCUT2D eigenvalue weighted by Crippen LogP contribution is -2.60. The minimum atomic E-state index is -0.322. The van der Waals surface area contributed by atoms with Crippen molar-refractivity contribution in [2.24, 2.45) is 17.3 Å². The van der Waals surface area contributed by atoms with Crippen LogP contribution in [-0.4, -0.2) is 20.7 Å². The first-order valence-corrected chi connectivity index (χ1v) is 10.7. The number of carbonyl (C=O) groups is 1. The Bertz CT molecular complexity index is 912. The molecule has 1 amide bonds. The molecule has 4 fully saturated rings. The Labute approximate surface area is 172 Å². The molecular weight excluding hydrogens is 428 g/mol. The summed E-state index contributed by atoms with van der Waals surface area (Å²) in [7, 11) is 0. The summed E-state index contributed by atoms with van der Waals surface area (Å²) in [6.07, 6.45) is 8.06. The highest BCUT2D eigenvalue weighted by Gasteiger charge is 2.61. The van der Waals surface area contributed by atoms with Gasteiger partial charge in [-0.3, -0.25) is 4.79 Å². The molecule has 6 rings (SSSR count). The predicted octanol–water partition coefficient (Wildman–Crippen LogP) is 4.94. The third-order valence-corrected chi connectivity index (χ3v) is 7.75. The summed E-state index contributed by atoms with van der Waals surface area (Å²) in [5.74, 6) is 1.31. The van der Waals surface area contributed by atoms with Crippen molar-refractivity contribution in [2.45, 2.75) is 51.0 Å². The zero-order valence-corrected chi connectivity index (χ0v) is 17.6. The number of nitrogens with zero attached hydrogens (tertiary/aromatic N) is 3. The number of rotatable bonds is 3. The average molecular weight is 450 g/mol. The molecule has 0 aliphatic heterocycles. The second-order valence-corrected chi connectivity index (χ2v) is 9.91. The van der Waals surface area contributed by atoms with Crippen molar-refractivity contribution < 1.29 is 4.79 Å². The van der Waals surface area contributed by atoms with Crippen LogP contribution < -0.4 is 5.32 Å². The van der Waals surface area contributed by atoms with E-state index in [-0.39, 0.29) is 16.9 Å². The number of hydrogen-bond donors (Lipinski definition) is 1. The summed E-state index contributed by atoms with van der Waals surface area (Å²) in [5.41, 5.74) is 1.34. The SMILES string of the molecule is Cc1c(Cl)cccc1NC(=O)C12C[C@H]3C[C@@H](C1)CC(n1cnc(Br)n1)(C3)C2. The first kappa shape index (κ1) is 17.7. The molecule has 1 aromatic heterocycles. The van der Waals surface area contributed by atoms with E-state index in [9.17, 15) is 4.79 Å². The van der Waals surface area contributed by atoms with Gasteiger partial charge in [0.25, 0.3) is 0 Å². The van der Waals surface area contributed by atoms with Crippen molar-refractivity contribution in [2.75, 3.05) is 5.32 Å². The molecule has 2 aromatic rings. The van der Waals surface area contributed by atoms with Gasteiger partial charge in [0.05, 0.1) is 11.0 Å². The van der Waals surface area contributed by atoms with Gasteiger partial charge >= 0.3 is 0 Å². The van der Waals surface area contributed by atoms with Crippen LogP contribution in [0.15, 0.2) is 29.3 Å². The molecule has 4 aliphatic rings. The number of hydrogen-bond acceptors (Lipinski definition) is 3. The van der Waals surface area contributed by atoms with Gasteiger partial charge in [0.1, 0.15) is 6.33 Å². The molecule has 1 N–H and O–H groups in total. The zero-order valence-electron chi connectivity index (χ0n) is 15.2. The highest BCUT2D eigenvalue weighted by Crippen LogP contribution is 2.64. The van der Waals surface area contributed by atoms with Crippen LogP contribution in [0.4, 0.5) is 5.69 Å². The Morgan fingerprint density at radius 3 is 2.70 bits per heavy atom. The molecule has 0 saturated heterocycles. The number of halogens is 2. The summed E-state index contributed by atoms with van der Waals surface area (Å²) in [4.78, 5) is 17.8. The standard InChI is InChI=1S/C20H22BrClN4O/c1-12-15(22)3-2-4-16(12)24-17(27)19-6-13-5-14(7-19)9-20(8-13,10-19)26-11-23-18(21)25-26/h2-4,11,13-14H,5-10H2,1H3,(H,24,27)/t13-,14+,19?,20?. The average Bonchev–Trinajstić information content (AvgIpc) is 3.05. The van der Waals surface area contributed by atoms with Crippen LogP contribution in [0.3, 0.4) is 0 Å². The van der Waals surface area contributed by atoms with E-state index in [0.29, 0.717) is 21.6 Å². The molecule has 142 valence electrons. The Morgan fingerprint density at radius 2 is 2.04 bits per heavy atom. The molecule has 27 heavy (non-hydrogen) atoms. The van der Waals surface area contributed by atoms with Crippen LogP contribution in [0.2, 0.25) is 5.02 Å². The Morgan fingerprint density at radius 1 is 1.30 bits per heavy atom. The molecule has 0 radical (unpaired) electrons. The lowest BCUT2D eigenvalue weighted by atomic mass is 9.46. The van der Waals surface area contributed by atoms with Crippen LogP contribution in [0, 0.1) is 24.2 Å². The minimum Gasteiger partial charge on any atom is -0.325 e. The highest BCUT2D eigenvalue weighted by molar-refractivity contribution is 9.10. The lowest BCUT2D eigenvalue weighted by molar-refractivity contribution is -0.150. The summed E-state index contributed by atoms with van der Waals surface area (Å²) < 4.78 is 2.65. The fraction of sp³-hybridized carbons (Fsp3) is 0.550. The van der Waals surface area contributed by atoms with Crippen molar-refractivity contribution in [3.8, 4) is 0 Å². The summed E-state index contributed by atoms with van der Waals surface area (Å²) >= 11 is 9.62. The molecule has 2 unspecified atom stereocenters. The van der Waals surface area contributed by atoms with E-state index in [4.69, 9.17) is 11.6 Å². The maximum Gasteiger partial charge on any atom is 0.230 e. The molecule has 1 heterocycles. The molecule has 1 aromatic carbocycles. The quantitative estimate of drug-likeness (QED) is 0.722. The number of carbonyl (C=O) groups excluding carboxylic acids is 1. The topological polar surface area (TPSA) is 59.8 Å². The van der Waals surface area contributed by atoms with Crippen molar-refractivity contribution >= 4 is 39.1 Å². The number of nitrogens with one attached hydrogen (secondary N) is 1. The van der Waals surface area contributed by atoms with E-state index in [0.717, 1.165) is 43.4 Å². The second kappa shape index (κ2) is 6.05. The molecule has 4 saturated carbocycles. The van der Waals surface area contributed by atoms with E-state index in [1.165, 1.54) is 6.42 Å². The molecule has 0 spiro atoms. The van der Waals surface area contributed by atoms with Gasteiger partial charge in [0.2, 0.25) is 10.6 Å². The summed E-state index contributed by atoms with van der Waals surface area (Å²) in [6, 6.07) is 5.68. The van der Waals surface area contributed by atoms with E-state index < -0.39 is 0 Å². The maximum absolute atomic E-state index is 13.5. The molecule has 7 heteroatoms. The van der Waals surface area contributed by atoms with Gasteiger partial charge in [-0.25, -0.2) is 9.67 Å². The molecule has 5 nitrogen and oxygen atoms in total. The van der Waals surface area contributed by atoms with E-state index >= 15 is 0 Å². The van der Waals surface area contributed by atoms with E-state index in [1.807, 2.05) is 36.1 Å². The van der Waals surface area contributed by atoms with Gasteiger partial charge in [-0.2, -0.15) is 0 Å². The van der Waals surface area contributed by atoms with Crippen molar-refractivity contribution in [1.29, 1.82) is 0 Å². The second-order valence-electron chi connectivity index (χ2n) is 8.79. The first-order chi connectivity index (χ1) is 12.9. The molecule has 4 bridgehead atoms. The lowest BCUT2D eigenvalue weighted by Gasteiger charge is -2.60. The van der Waals surface area contributed by atoms with Crippen LogP contribution >= 0.6 is 27.5 Å². The fourth-order valence-electron chi connectivity index (χ4n) is 6.22. The van der Waals surface area contributed by atoms with Crippen molar-refractivity contribution in [3.63, 3.8) is 0 Å². The Balaban J connectivity index is 1.48. The number of anilines is 1. The largest absolute Gasteiger partial charge is 0.325 e. The third-order valence-electron chi connectivity index (χ3n) is 6.98. The summed E-state index contributed by atoms with van der Waals surface area (Å²) in [6.45, 7) is 1.95. The number of amides is 1. The minimum absolute atomic E-state index is 0.0795. The Kier molecular flexibility index (Phi) is 3.96. The summed E-state index contributed by atoms with van der Waals surface area (Å²) in [5, 5.41) is 8.46. The van der Waals surface area contributed by atoms with Crippen LogP contribution in [0.1, 0.15) is 44.1 Å². The maximum atomic E-state index is 13.5. The normalized spacial score (nSPS) is 34.0. The van der Waals surface area contributed by atoms with Crippen LogP contribution in [0.25, 0.3) is 0 Å². The highest BCUT2D eigenvalue weighted by atomic mass is 79.9. The monoisotopic (exact) mass is 448 g/mol. The first-order valence-electron chi connectivity index (χ1n) is 9.53. The van der Waals surface area contributed by atoms with Gasteiger partial charge in [0, 0.05) is 10.7 Å². The van der Waals surface area contributed by atoms with Gasteiger partial charge < -0.3 is 5.32 Å². The molecular formula is C20H22BrClN4O. The van der Waals surface area contributed by atoms with Gasteiger partial charge in [-0.05, 0) is 90.9 Å². The molecule has 4 aliphatic carbocycles. The zero-order chi connectivity index (χ0) is 18.8. The van der Waals surface area contributed by atoms with E-state index in [1.54, 1.807) is 0 Å². The third kappa shape index (κ3) is 2.75. The molecule has 4 atom stereocenters. The fourth-order valence-corrected chi connectivity index (χ4v) is 6.65. The van der Waals surface area contributed by atoms with Crippen LogP contribution in [0.5, 0.6) is 0 Å². The number of benzene rings is 1. The van der Waals surface area contributed by atoms with Gasteiger partial charge in [-0.1, -0.05) is 17.7 Å².